The molecule has 1 radical (unpaired) electrons. The molecular formula is C47H45Cl2SiZr. The van der Waals surface area contributed by atoms with Crippen molar-refractivity contribution in [1.82, 2.24) is 0 Å². The summed E-state index contributed by atoms with van der Waals surface area (Å²) in [5.41, 5.74) is 15.2. The largest absolute Gasteiger partial charge is 3.00 e. The van der Waals surface area contributed by atoms with Crippen molar-refractivity contribution in [2.24, 2.45) is 0 Å². The topological polar surface area (TPSA) is 0 Å². The Morgan fingerprint density at radius 3 is 1.96 bits per heavy atom. The van der Waals surface area contributed by atoms with E-state index in [4.69, 9.17) is 0 Å². The minimum Gasteiger partial charge on any atom is -1.00 e. The molecule has 0 spiro atoms. The van der Waals surface area contributed by atoms with Crippen LogP contribution in [0.5, 0.6) is 0 Å². The second kappa shape index (κ2) is 14.2. The molecule has 0 aromatic heterocycles. The molecule has 6 aromatic rings. The number of hydrogen-bond acceptors (Lipinski definition) is 0. The third-order valence-electron chi connectivity index (χ3n) is 10.7. The van der Waals surface area contributed by atoms with E-state index < -0.39 is 8.41 Å². The van der Waals surface area contributed by atoms with Crippen molar-refractivity contribution in [2.75, 3.05) is 0 Å². The van der Waals surface area contributed by atoms with Gasteiger partial charge in [0.25, 0.3) is 0 Å². The molecule has 2 aliphatic rings. The maximum atomic E-state index is 4.04. The van der Waals surface area contributed by atoms with Crippen molar-refractivity contribution in [3.05, 3.63) is 146 Å². The quantitative estimate of drug-likeness (QED) is 0.113. The molecule has 0 nitrogen and oxygen atoms in total. The van der Waals surface area contributed by atoms with Gasteiger partial charge in [-0.15, -0.1) is 34.1 Å². The third kappa shape index (κ3) is 6.44. The summed E-state index contributed by atoms with van der Waals surface area (Å²) in [5.74, 6) is 0.180. The second-order valence-electron chi connectivity index (χ2n) is 16.3. The number of rotatable bonds is 2. The van der Waals surface area contributed by atoms with E-state index in [0.717, 1.165) is 0 Å². The summed E-state index contributed by atoms with van der Waals surface area (Å²) in [6.45, 7) is 21.5. The second-order valence-corrected chi connectivity index (χ2v) is 18.9. The summed E-state index contributed by atoms with van der Waals surface area (Å²) < 4.78 is 0. The number of fused-ring (bicyclic) bond motifs is 7. The van der Waals surface area contributed by atoms with Crippen LogP contribution in [0, 0.1) is 4.81 Å². The van der Waals surface area contributed by atoms with Crippen LogP contribution in [0.4, 0.5) is 0 Å². The van der Waals surface area contributed by atoms with Gasteiger partial charge in [-0.3, -0.25) is 0 Å². The molecule has 2 aliphatic carbocycles. The smallest absolute Gasteiger partial charge is 1.00 e. The van der Waals surface area contributed by atoms with E-state index >= 15 is 0 Å². The zero-order valence-corrected chi connectivity index (χ0v) is 36.1. The number of benzene rings is 6. The van der Waals surface area contributed by atoms with Crippen LogP contribution in [0.1, 0.15) is 87.8 Å². The summed E-state index contributed by atoms with van der Waals surface area (Å²) >= 11 is 0. The van der Waals surface area contributed by atoms with E-state index in [1.165, 1.54) is 88.0 Å². The Balaban J connectivity index is 0.00000168. The molecule has 0 saturated heterocycles. The average molecular weight is 800 g/mol. The summed E-state index contributed by atoms with van der Waals surface area (Å²) in [7, 11) is -0.765. The Morgan fingerprint density at radius 1 is 0.627 bits per heavy atom. The van der Waals surface area contributed by atoms with Gasteiger partial charge in [-0.05, 0) is 67.6 Å². The van der Waals surface area contributed by atoms with E-state index in [9.17, 15) is 0 Å². The zero-order chi connectivity index (χ0) is 33.7. The molecule has 4 heteroatoms. The fourth-order valence-corrected chi connectivity index (χ4v) is 9.92. The molecule has 51 heavy (non-hydrogen) atoms. The summed E-state index contributed by atoms with van der Waals surface area (Å²) in [5, 5.41) is 6.54. The first-order valence-electron chi connectivity index (χ1n) is 17.5. The van der Waals surface area contributed by atoms with Crippen molar-refractivity contribution in [1.29, 1.82) is 0 Å². The van der Waals surface area contributed by atoms with Crippen LogP contribution in [0.25, 0.3) is 56.0 Å². The van der Waals surface area contributed by atoms with E-state index in [2.05, 4.69) is 171 Å². The number of hydrogen-bond donors (Lipinski definition) is 0. The van der Waals surface area contributed by atoms with Gasteiger partial charge in [-0.1, -0.05) is 173 Å². The first-order chi connectivity index (χ1) is 22.8. The minimum atomic E-state index is -0.765. The third-order valence-corrected chi connectivity index (χ3v) is 12.2. The molecule has 255 valence electrons. The maximum absolute atomic E-state index is 4.04. The molecule has 0 heterocycles. The standard InChI is InChI=1S/C47H45Si.2ClH.Zr/c1-28-23-38-36(39-25-29-15-10-11-16-32(29)34-17-12-13-18-35(34)39)19-14-20-37(38)43(28)44-41-26-30-24-31(46(2,3)4)21-22-33(30)40(41)27-42(48(8)9)45(44)47(5,6)7;;;/h10-25,27,43H,1-9H3;2*1H;/q-1;;;+3/p-2. The molecule has 8 rings (SSSR count). The summed E-state index contributed by atoms with van der Waals surface area (Å²) in [6.07, 6.45) is 6.54. The molecule has 0 fully saturated rings. The fourth-order valence-electron chi connectivity index (χ4n) is 8.47. The van der Waals surface area contributed by atoms with Gasteiger partial charge in [-0.2, -0.15) is 0 Å². The van der Waals surface area contributed by atoms with Gasteiger partial charge >= 0.3 is 26.2 Å². The molecule has 0 aliphatic heterocycles. The Morgan fingerprint density at radius 2 is 1.29 bits per heavy atom. The van der Waals surface area contributed by atoms with Gasteiger partial charge in [0.1, 0.15) is 0 Å². The van der Waals surface area contributed by atoms with E-state index in [1.54, 1.807) is 4.81 Å². The monoisotopic (exact) mass is 797 g/mol. The van der Waals surface area contributed by atoms with Crippen molar-refractivity contribution >= 4 is 42.1 Å². The van der Waals surface area contributed by atoms with Crippen molar-refractivity contribution in [2.45, 2.75) is 78.3 Å². The van der Waals surface area contributed by atoms with Crippen LogP contribution in [-0.2, 0) is 37.0 Å². The Bertz CT molecular complexity index is 2510. The van der Waals surface area contributed by atoms with Crippen LogP contribution in [0.2, 0.25) is 13.1 Å². The van der Waals surface area contributed by atoms with E-state index in [1.807, 2.05) is 0 Å². The molecular weight excluding hydrogens is 755 g/mol. The van der Waals surface area contributed by atoms with E-state index in [0.29, 0.717) is 0 Å². The number of halogens is 2. The Hall–Kier alpha value is -2.87. The van der Waals surface area contributed by atoms with Gasteiger partial charge in [0.15, 0.2) is 0 Å². The maximum Gasteiger partial charge on any atom is 3.00 e. The van der Waals surface area contributed by atoms with Gasteiger partial charge < -0.3 is 24.8 Å². The molecule has 0 amide bonds. The Labute approximate surface area is 337 Å². The molecule has 0 bridgehead atoms. The van der Waals surface area contributed by atoms with Gasteiger partial charge in [-0.25, -0.2) is 0 Å². The number of allylic oxidation sites excluding steroid dienone is 1. The minimum absolute atomic E-state index is 0. The average Bonchev–Trinajstić information content (AvgIpc) is 3.59. The van der Waals surface area contributed by atoms with Crippen LogP contribution in [0.15, 0.2) is 103 Å². The van der Waals surface area contributed by atoms with Gasteiger partial charge in [0.05, 0.1) is 0 Å². The molecule has 0 N–H and O–H groups in total. The van der Waals surface area contributed by atoms with Crippen LogP contribution < -0.4 is 30.0 Å². The molecule has 1 unspecified atom stereocenters. The summed E-state index contributed by atoms with van der Waals surface area (Å²) in [4.78, 5) is 1.56. The van der Waals surface area contributed by atoms with Crippen LogP contribution in [-0.4, -0.2) is 8.41 Å². The normalized spacial score (nSPS) is 14.4. The van der Waals surface area contributed by atoms with Crippen molar-refractivity contribution < 1.29 is 51.0 Å². The van der Waals surface area contributed by atoms with Crippen LogP contribution in [0.3, 0.4) is 0 Å². The summed E-state index contributed by atoms with van der Waals surface area (Å²) in [6, 6.07) is 36.9. The fraction of sp³-hybridized carbons (Fsp3) is 0.255. The van der Waals surface area contributed by atoms with Crippen LogP contribution >= 0.6 is 0 Å². The Kier molecular flexibility index (Phi) is 10.9. The molecule has 1 atom stereocenters. The van der Waals surface area contributed by atoms with Gasteiger partial charge in [0, 0.05) is 14.3 Å². The first-order valence-corrected chi connectivity index (χ1v) is 20.0. The van der Waals surface area contributed by atoms with E-state index in [-0.39, 0.29) is 67.8 Å². The molecule has 6 aromatic carbocycles. The van der Waals surface area contributed by atoms with Crippen molar-refractivity contribution in [3.8, 4) is 22.3 Å². The van der Waals surface area contributed by atoms with Gasteiger partial charge in [0.2, 0.25) is 0 Å². The molecule has 0 saturated carbocycles. The van der Waals surface area contributed by atoms with Crippen molar-refractivity contribution in [3.63, 3.8) is 0 Å². The SMILES string of the molecule is CC1=Cc2c(-c3cc4ccccc4c4ccccc34)cccc2C1c1c(C(C)(C)C)c(=[Si](C)C)cc2c1=[C-]c1cc(C(C)(C)C)ccc1-2.[Cl-].[Cl-].[Zr+3]. The first kappa shape index (κ1) is 39.3. The predicted molar refractivity (Wildman–Crippen MR) is 210 cm³/mol. The zero-order valence-electron chi connectivity index (χ0n) is 31.1. The predicted octanol–water partition coefficient (Wildman–Crippen LogP) is 6.08.